The maximum Gasteiger partial charge on any atom is 0.321 e. The summed E-state index contributed by atoms with van der Waals surface area (Å²) in [7, 11) is 0. The normalized spacial score (nSPS) is 10.1. The summed E-state index contributed by atoms with van der Waals surface area (Å²) in [6.45, 7) is 3.50. The number of benzene rings is 1. The van der Waals surface area contributed by atoms with Crippen molar-refractivity contribution in [2.75, 3.05) is 0 Å². The number of nitro groups is 1. The van der Waals surface area contributed by atoms with E-state index in [1.165, 1.54) is 12.1 Å². The van der Waals surface area contributed by atoms with Crippen molar-refractivity contribution in [3.63, 3.8) is 0 Å². The number of carbonyl (C=O) groups excluding carboxylic acids is 2. The first-order chi connectivity index (χ1) is 8.81. The van der Waals surface area contributed by atoms with Crippen LogP contribution in [0.25, 0.3) is 0 Å². The van der Waals surface area contributed by atoms with Gasteiger partial charge < -0.3 is 5.32 Å². The van der Waals surface area contributed by atoms with Crippen LogP contribution in [0, 0.1) is 13.7 Å². The van der Waals surface area contributed by atoms with E-state index in [9.17, 15) is 19.7 Å². The van der Waals surface area contributed by atoms with Gasteiger partial charge in [-0.15, -0.1) is 0 Å². The average molecular weight is 377 g/mol. The van der Waals surface area contributed by atoms with Crippen molar-refractivity contribution in [2.45, 2.75) is 19.9 Å². The van der Waals surface area contributed by atoms with Gasteiger partial charge in [-0.2, -0.15) is 0 Å². The van der Waals surface area contributed by atoms with E-state index in [2.05, 4.69) is 10.6 Å². The lowest BCUT2D eigenvalue weighted by Gasteiger charge is -2.09. The minimum Gasteiger partial charge on any atom is -0.336 e. The van der Waals surface area contributed by atoms with E-state index >= 15 is 0 Å². The summed E-state index contributed by atoms with van der Waals surface area (Å²) in [5.74, 6) is -0.683. The topological polar surface area (TPSA) is 101 Å². The number of rotatable bonds is 3. The van der Waals surface area contributed by atoms with Crippen LogP contribution in [0.4, 0.5) is 10.5 Å². The summed E-state index contributed by atoms with van der Waals surface area (Å²) >= 11 is 1.80. The van der Waals surface area contributed by atoms with Gasteiger partial charge in [0.1, 0.15) is 0 Å². The summed E-state index contributed by atoms with van der Waals surface area (Å²) in [5.41, 5.74) is -0.108. The van der Waals surface area contributed by atoms with Crippen LogP contribution >= 0.6 is 22.6 Å². The van der Waals surface area contributed by atoms with Crippen molar-refractivity contribution in [2.24, 2.45) is 0 Å². The van der Waals surface area contributed by atoms with Crippen molar-refractivity contribution >= 4 is 40.2 Å². The van der Waals surface area contributed by atoms with Gasteiger partial charge in [-0.3, -0.25) is 20.2 Å². The predicted molar refractivity (Wildman–Crippen MR) is 76.9 cm³/mol. The van der Waals surface area contributed by atoms with Gasteiger partial charge in [-0.1, -0.05) is 0 Å². The first-order valence-electron chi connectivity index (χ1n) is 5.37. The molecule has 0 aliphatic heterocycles. The fraction of sp³-hybridized carbons (Fsp3) is 0.273. The fourth-order valence-electron chi connectivity index (χ4n) is 1.27. The van der Waals surface area contributed by atoms with E-state index in [0.29, 0.717) is 3.57 Å². The molecule has 0 aliphatic carbocycles. The third kappa shape index (κ3) is 4.47. The summed E-state index contributed by atoms with van der Waals surface area (Å²) < 4.78 is 0.422. The lowest BCUT2D eigenvalue weighted by molar-refractivity contribution is -0.385. The van der Waals surface area contributed by atoms with Crippen LogP contribution in [0.15, 0.2) is 18.2 Å². The van der Waals surface area contributed by atoms with Gasteiger partial charge in [0.25, 0.3) is 11.6 Å². The van der Waals surface area contributed by atoms with Crippen LogP contribution in [-0.4, -0.2) is 22.9 Å². The molecule has 0 radical (unpaired) electrons. The molecule has 7 nitrogen and oxygen atoms in total. The van der Waals surface area contributed by atoms with Crippen LogP contribution in [0.1, 0.15) is 24.2 Å². The van der Waals surface area contributed by atoms with Gasteiger partial charge in [-0.05, 0) is 48.6 Å². The lowest BCUT2D eigenvalue weighted by Crippen LogP contribution is -2.42. The molecule has 0 aromatic heterocycles. The number of urea groups is 1. The standard InChI is InChI=1S/C11H12IN3O4/c1-6(2)13-11(17)14-10(16)7-3-4-8(12)9(5-7)15(18)19/h3-6H,1-2H3,(H2,13,14,16,17). The minimum atomic E-state index is -0.683. The number of halogens is 1. The van der Waals surface area contributed by atoms with Gasteiger partial charge in [0, 0.05) is 17.7 Å². The second-order valence-corrected chi connectivity index (χ2v) is 5.17. The van der Waals surface area contributed by atoms with E-state index in [-0.39, 0.29) is 17.3 Å². The smallest absolute Gasteiger partial charge is 0.321 e. The summed E-state index contributed by atoms with van der Waals surface area (Å²) in [5, 5.41) is 15.3. The third-order valence-electron chi connectivity index (χ3n) is 2.05. The first-order valence-corrected chi connectivity index (χ1v) is 6.45. The van der Waals surface area contributed by atoms with Gasteiger partial charge in [0.15, 0.2) is 0 Å². The molecular formula is C11H12IN3O4. The van der Waals surface area contributed by atoms with E-state index < -0.39 is 16.9 Å². The van der Waals surface area contributed by atoms with Crippen LogP contribution < -0.4 is 10.6 Å². The molecule has 1 rings (SSSR count). The lowest BCUT2D eigenvalue weighted by atomic mass is 10.2. The SMILES string of the molecule is CC(C)NC(=O)NC(=O)c1ccc(I)c([N+](=O)[O-])c1. The first kappa shape index (κ1) is 15.3. The Kier molecular flexibility index (Phi) is 5.21. The van der Waals surface area contributed by atoms with Crippen molar-refractivity contribution in [3.8, 4) is 0 Å². The number of hydrogen-bond donors (Lipinski definition) is 2. The molecule has 3 amide bonds. The Morgan fingerprint density at radius 2 is 2.00 bits per heavy atom. The molecule has 0 saturated carbocycles. The van der Waals surface area contributed by atoms with Crippen molar-refractivity contribution in [3.05, 3.63) is 37.4 Å². The summed E-state index contributed by atoms with van der Waals surface area (Å²) in [6, 6.07) is 3.26. The molecule has 102 valence electrons. The highest BCUT2D eigenvalue weighted by Gasteiger charge is 2.17. The zero-order chi connectivity index (χ0) is 14.6. The molecule has 19 heavy (non-hydrogen) atoms. The zero-order valence-electron chi connectivity index (χ0n) is 10.3. The number of nitro benzene ring substituents is 1. The predicted octanol–water partition coefficient (Wildman–Crippen LogP) is 2.05. The summed E-state index contributed by atoms with van der Waals surface area (Å²) in [6.07, 6.45) is 0. The van der Waals surface area contributed by atoms with E-state index in [1.54, 1.807) is 36.4 Å². The summed E-state index contributed by atoms with van der Waals surface area (Å²) in [4.78, 5) is 33.2. The maximum absolute atomic E-state index is 11.7. The monoisotopic (exact) mass is 377 g/mol. The molecule has 2 N–H and O–H groups in total. The molecule has 1 aromatic rings. The van der Waals surface area contributed by atoms with Crippen molar-refractivity contribution in [1.82, 2.24) is 10.6 Å². The van der Waals surface area contributed by atoms with Crippen LogP contribution in [0.3, 0.4) is 0 Å². The molecule has 0 unspecified atom stereocenters. The highest BCUT2D eigenvalue weighted by molar-refractivity contribution is 14.1. The average Bonchev–Trinajstić information content (AvgIpc) is 2.27. The van der Waals surface area contributed by atoms with Gasteiger partial charge in [0.2, 0.25) is 0 Å². The molecule has 1 aromatic carbocycles. The van der Waals surface area contributed by atoms with Crippen LogP contribution in [0.5, 0.6) is 0 Å². The molecule has 0 fully saturated rings. The number of imide groups is 1. The third-order valence-corrected chi connectivity index (χ3v) is 2.96. The fourth-order valence-corrected chi connectivity index (χ4v) is 1.80. The molecule has 0 aliphatic rings. The number of amides is 3. The van der Waals surface area contributed by atoms with E-state index in [0.717, 1.165) is 6.07 Å². The largest absolute Gasteiger partial charge is 0.336 e. The molecule has 8 heteroatoms. The van der Waals surface area contributed by atoms with Gasteiger partial charge >= 0.3 is 6.03 Å². The Morgan fingerprint density at radius 3 is 2.53 bits per heavy atom. The molecule has 0 heterocycles. The van der Waals surface area contributed by atoms with Crippen molar-refractivity contribution < 1.29 is 14.5 Å². The number of hydrogen-bond acceptors (Lipinski definition) is 4. The molecular weight excluding hydrogens is 365 g/mol. The van der Waals surface area contributed by atoms with Gasteiger partial charge in [0.05, 0.1) is 8.49 Å². The molecule has 0 spiro atoms. The second kappa shape index (κ2) is 6.45. The van der Waals surface area contributed by atoms with E-state index in [4.69, 9.17) is 0 Å². The Hall–Kier alpha value is -1.71. The Balaban J connectivity index is 2.86. The highest BCUT2D eigenvalue weighted by Crippen LogP contribution is 2.21. The molecule has 0 saturated heterocycles. The van der Waals surface area contributed by atoms with E-state index in [1.807, 2.05) is 0 Å². The van der Waals surface area contributed by atoms with Crippen molar-refractivity contribution in [1.29, 1.82) is 0 Å². The quantitative estimate of drug-likeness (QED) is 0.478. The number of nitrogens with zero attached hydrogens (tertiary/aromatic N) is 1. The molecule has 0 bridgehead atoms. The zero-order valence-corrected chi connectivity index (χ0v) is 12.4. The molecule has 0 atom stereocenters. The van der Waals surface area contributed by atoms with Gasteiger partial charge in [-0.25, -0.2) is 4.79 Å². The maximum atomic E-state index is 11.7. The Morgan fingerprint density at radius 1 is 1.37 bits per heavy atom. The number of nitrogens with one attached hydrogen (secondary N) is 2. The van der Waals surface area contributed by atoms with Crippen LogP contribution in [0.2, 0.25) is 0 Å². The second-order valence-electron chi connectivity index (χ2n) is 4.01. The number of carbonyl (C=O) groups is 2. The Labute approximate surface area is 123 Å². The Bertz CT molecular complexity index is 531. The minimum absolute atomic E-state index is 0.0611. The van der Waals surface area contributed by atoms with Crippen LogP contribution in [-0.2, 0) is 0 Å². The highest BCUT2D eigenvalue weighted by atomic mass is 127.